The number of hydrazone groups is 1. The summed E-state index contributed by atoms with van der Waals surface area (Å²) in [4.78, 5) is 12.4. The van der Waals surface area contributed by atoms with Gasteiger partial charge in [0.2, 0.25) is 5.71 Å². The first-order valence-electron chi connectivity index (χ1n) is 7.27. The van der Waals surface area contributed by atoms with Gasteiger partial charge in [0.25, 0.3) is 5.91 Å². The minimum Gasteiger partial charge on any atom is -0.496 e. The molecular weight excluding hydrogens is 318 g/mol. The molecule has 0 aliphatic heterocycles. The van der Waals surface area contributed by atoms with Crippen LogP contribution >= 0.6 is 0 Å². The third-order valence-electron chi connectivity index (χ3n) is 3.26. The van der Waals surface area contributed by atoms with Crippen LogP contribution in [0.2, 0.25) is 0 Å². The summed E-state index contributed by atoms with van der Waals surface area (Å²) in [5, 5.41) is 23.8. The van der Waals surface area contributed by atoms with Crippen molar-refractivity contribution < 1.29 is 9.53 Å². The highest BCUT2D eigenvalue weighted by Crippen LogP contribution is 2.24. The van der Waals surface area contributed by atoms with Gasteiger partial charge >= 0.3 is 0 Å². The van der Waals surface area contributed by atoms with Gasteiger partial charge in [-0.2, -0.15) is 15.6 Å². The Morgan fingerprint density at radius 3 is 2.32 bits per heavy atom. The summed E-state index contributed by atoms with van der Waals surface area (Å²) < 4.78 is 5.24. The molecule has 7 heteroatoms. The fourth-order valence-corrected chi connectivity index (χ4v) is 1.98. The van der Waals surface area contributed by atoms with Crippen LogP contribution in [0.3, 0.4) is 0 Å². The number of methoxy groups -OCH3 is 1. The van der Waals surface area contributed by atoms with Gasteiger partial charge in [0.15, 0.2) is 0 Å². The van der Waals surface area contributed by atoms with Gasteiger partial charge < -0.3 is 10.1 Å². The SMILES string of the molecule is COc1cc(NN=C(C#N)C#N)ccc1C(=O)Nc1ccc(C)cc1. The summed E-state index contributed by atoms with van der Waals surface area (Å²) >= 11 is 0. The summed E-state index contributed by atoms with van der Waals surface area (Å²) in [7, 11) is 1.45. The first-order valence-corrected chi connectivity index (χ1v) is 7.27. The summed E-state index contributed by atoms with van der Waals surface area (Å²) in [6.45, 7) is 1.97. The van der Waals surface area contributed by atoms with Crippen LogP contribution in [0, 0.1) is 29.6 Å². The number of amides is 1. The molecule has 2 N–H and O–H groups in total. The van der Waals surface area contributed by atoms with Crippen LogP contribution in [-0.2, 0) is 0 Å². The Balaban J connectivity index is 2.20. The number of anilines is 2. The molecule has 0 bridgehead atoms. The first kappa shape index (κ1) is 17.5. The molecule has 1 amide bonds. The van der Waals surface area contributed by atoms with E-state index < -0.39 is 0 Å². The fraction of sp³-hybridized carbons (Fsp3) is 0.111. The van der Waals surface area contributed by atoms with Crippen LogP contribution in [-0.4, -0.2) is 18.7 Å². The molecule has 0 fully saturated rings. The number of nitrogens with one attached hydrogen (secondary N) is 2. The monoisotopic (exact) mass is 333 g/mol. The van der Waals surface area contributed by atoms with Crippen LogP contribution in [0.25, 0.3) is 0 Å². The number of nitrogens with zero attached hydrogens (tertiary/aromatic N) is 3. The Labute approximate surface area is 145 Å². The lowest BCUT2D eigenvalue weighted by Crippen LogP contribution is -2.13. The second-order valence-electron chi connectivity index (χ2n) is 5.03. The smallest absolute Gasteiger partial charge is 0.259 e. The van der Waals surface area contributed by atoms with E-state index in [4.69, 9.17) is 15.3 Å². The normalized spacial score (nSPS) is 9.28. The Morgan fingerprint density at radius 2 is 1.72 bits per heavy atom. The second kappa shape index (κ2) is 8.14. The quantitative estimate of drug-likeness (QED) is 0.645. The van der Waals surface area contributed by atoms with E-state index in [9.17, 15) is 4.79 Å². The van der Waals surface area contributed by atoms with E-state index in [1.807, 2.05) is 31.2 Å². The number of hydrogen-bond donors (Lipinski definition) is 2. The zero-order chi connectivity index (χ0) is 18.2. The second-order valence-corrected chi connectivity index (χ2v) is 5.03. The van der Waals surface area contributed by atoms with Crippen molar-refractivity contribution in [3.63, 3.8) is 0 Å². The topological polar surface area (TPSA) is 110 Å². The van der Waals surface area contributed by atoms with Gasteiger partial charge in [-0.3, -0.25) is 10.2 Å². The number of nitriles is 2. The molecule has 2 rings (SSSR count). The summed E-state index contributed by atoms with van der Waals surface area (Å²) in [5.74, 6) is 0.0192. The molecule has 0 spiro atoms. The highest BCUT2D eigenvalue weighted by molar-refractivity contribution is 6.10. The molecule has 2 aromatic carbocycles. The van der Waals surface area contributed by atoms with Gasteiger partial charge in [-0.15, -0.1) is 0 Å². The molecule has 25 heavy (non-hydrogen) atoms. The van der Waals surface area contributed by atoms with Crippen LogP contribution < -0.4 is 15.5 Å². The van der Waals surface area contributed by atoms with Crippen molar-refractivity contribution in [1.29, 1.82) is 10.5 Å². The molecule has 0 saturated heterocycles. The summed E-state index contributed by atoms with van der Waals surface area (Å²) in [5.41, 5.74) is 4.87. The predicted octanol–water partition coefficient (Wildman–Crippen LogP) is 3.07. The molecule has 0 saturated carbocycles. The molecule has 2 aromatic rings. The fourth-order valence-electron chi connectivity index (χ4n) is 1.98. The Bertz CT molecular complexity index is 873. The van der Waals surface area contributed by atoms with Crippen molar-refractivity contribution in [2.75, 3.05) is 17.9 Å². The lowest BCUT2D eigenvalue weighted by molar-refractivity contribution is 0.102. The molecule has 0 aliphatic carbocycles. The van der Waals surface area contributed by atoms with E-state index >= 15 is 0 Å². The van der Waals surface area contributed by atoms with Crippen molar-refractivity contribution in [1.82, 2.24) is 0 Å². The number of benzene rings is 2. The van der Waals surface area contributed by atoms with Crippen molar-refractivity contribution in [2.24, 2.45) is 5.10 Å². The van der Waals surface area contributed by atoms with E-state index in [1.165, 1.54) is 7.11 Å². The average Bonchev–Trinajstić information content (AvgIpc) is 2.64. The first-order chi connectivity index (χ1) is 12.1. The summed E-state index contributed by atoms with van der Waals surface area (Å²) in [6, 6.07) is 15.4. The van der Waals surface area contributed by atoms with Crippen molar-refractivity contribution in [3.8, 4) is 17.9 Å². The number of aryl methyl sites for hydroxylation is 1. The zero-order valence-corrected chi connectivity index (χ0v) is 13.7. The van der Waals surface area contributed by atoms with E-state index in [1.54, 1.807) is 30.3 Å². The third-order valence-corrected chi connectivity index (χ3v) is 3.26. The van der Waals surface area contributed by atoms with Gasteiger partial charge in [0.1, 0.15) is 17.9 Å². The minimum atomic E-state index is -0.314. The molecule has 0 aliphatic rings. The van der Waals surface area contributed by atoms with Crippen molar-refractivity contribution in [3.05, 3.63) is 53.6 Å². The molecule has 0 aromatic heterocycles. The van der Waals surface area contributed by atoms with E-state index in [-0.39, 0.29) is 11.6 Å². The van der Waals surface area contributed by atoms with Crippen LogP contribution in [0.4, 0.5) is 11.4 Å². The van der Waals surface area contributed by atoms with Gasteiger partial charge in [0.05, 0.1) is 18.4 Å². The number of carbonyl (C=O) groups is 1. The van der Waals surface area contributed by atoms with Crippen LogP contribution in [0.1, 0.15) is 15.9 Å². The average molecular weight is 333 g/mol. The lowest BCUT2D eigenvalue weighted by atomic mass is 10.1. The number of hydrogen-bond acceptors (Lipinski definition) is 6. The Morgan fingerprint density at radius 1 is 1.08 bits per heavy atom. The predicted molar refractivity (Wildman–Crippen MR) is 94.4 cm³/mol. The highest BCUT2D eigenvalue weighted by atomic mass is 16.5. The molecule has 124 valence electrons. The van der Waals surface area contributed by atoms with Gasteiger partial charge in [-0.05, 0) is 31.2 Å². The zero-order valence-electron chi connectivity index (χ0n) is 13.7. The van der Waals surface area contributed by atoms with Gasteiger partial charge in [-0.25, -0.2) is 0 Å². The molecule has 0 heterocycles. The Kier molecular flexibility index (Phi) is 5.70. The van der Waals surface area contributed by atoms with Crippen molar-refractivity contribution in [2.45, 2.75) is 6.92 Å². The molecule has 0 radical (unpaired) electrons. The third kappa shape index (κ3) is 4.57. The molecule has 0 unspecified atom stereocenters. The highest BCUT2D eigenvalue weighted by Gasteiger charge is 2.13. The number of rotatable bonds is 5. The Hall–Kier alpha value is -3.84. The van der Waals surface area contributed by atoms with Gasteiger partial charge in [-0.1, -0.05) is 17.7 Å². The van der Waals surface area contributed by atoms with Crippen molar-refractivity contribution >= 4 is 23.0 Å². The van der Waals surface area contributed by atoms with Crippen LogP contribution in [0.15, 0.2) is 47.6 Å². The maximum Gasteiger partial charge on any atom is 0.259 e. The van der Waals surface area contributed by atoms with E-state index in [0.717, 1.165) is 5.56 Å². The maximum atomic E-state index is 12.4. The number of carbonyl (C=O) groups excluding carboxylic acids is 1. The van der Waals surface area contributed by atoms with E-state index in [0.29, 0.717) is 22.7 Å². The van der Waals surface area contributed by atoms with E-state index in [2.05, 4.69) is 15.8 Å². The summed E-state index contributed by atoms with van der Waals surface area (Å²) in [6.07, 6.45) is 0. The molecule has 0 atom stereocenters. The van der Waals surface area contributed by atoms with Gasteiger partial charge in [0, 0.05) is 11.8 Å². The maximum absolute atomic E-state index is 12.4. The molecular formula is C18H15N5O2. The lowest BCUT2D eigenvalue weighted by Gasteiger charge is -2.11. The largest absolute Gasteiger partial charge is 0.496 e. The standard InChI is InChI=1S/C18H15N5O2/c1-12-3-5-13(6-4-12)21-18(24)16-8-7-14(9-17(16)25-2)22-23-15(10-19)11-20/h3-9,22H,1-2H3,(H,21,24). The number of ether oxygens (including phenoxy) is 1. The van der Waals surface area contributed by atoms with Crippen LogP contribution in [0.5, 0.6) is 5.75 Å². The molecule has 7 nitrogen and oxygen atoms in total. The minimum absolute atomic E-state index is 0.305.